The molecule has 0 radical (unpaired) electrons. The van der Waals surface area contributed by atoms with E-state index in [2.05, 4.69) is 43.4 Å². The number of amides is 1. The van der Waals surface area contributed by atoms with Gasteiger partial charge < -0.3 is 9.73 Å². The zero-order chi connectivity index (χ0) is 24.4. The largest absolute Gasteiger partial charge is 0.467 e. The first-order valence-corrected chi connectivity index (χ1v) is 12.6. The minimum absolute atomic E-state index is 0.0105. The maximum atomic E-state index is 13.8. The van der Waals surface area contributed by atoms with Crippen molar-refractivity contribution in [2.24, 2.45) is 0 Å². The van der Waals surface area contributed by atoms with Crippen molar-refractivity contribution in [1.29, 1.82) is 0 Å². The molecule has 1 aliphatic carbocycles. The number of allylic oxidation sites excluding steroid dienone is 1. The molecule has 5 nitrogen and oxygen atoms in total. The molecule has 5 rings (SSSR count). The van der Waals surface area contributed by atoms with Crippen LogP contribution >= 0.6 is 0 Å². The first-order chi connectivity index (χ1) is 17.1. The van der Waals surface area contributed by atoms with E-state index in [1.165, 1.54) is 5.56 Å². The molecule has 3 aromatic rings. The number of benzene rings is 2. The third-order valence-corrected chi connectivity index (χ3v) is 7.11. The molecule has 1 aromatic heterocycles. The molecule has 0 saturated heterocycles. The monoisotopic (exact) mass is 468 g/mol. The van der Waals surface area contributed by atoms with E-state index in [-0.39, 0.29) is 17.6 Å². The fourth-order valence-electron chi connectivity index (χ4n) is 5.30. The maximum absolute atomic E-state index is 13.8. The second-order valence-electron chi connectivity index (χ2n) is 9.61. The van der Waals surface area contributed by atoms with Gasteiger partial charge >= 0.3 is 0 Å². The summed E-state index contributed by atoms with van der Waals surface area (Å²) in [5.74, 6) is 0.772. The van der Waals surface area contributed by atoms with Crippen molar-refractivity contribution >= 4 is 23.1 Å². The van der Waals surface area contributed by atoms with E-state index in [0.29, 0.717) is 30.6 Å². The Bertz CT molecular complexity index is 1240. The Kier molecular flexibility index (Phi) is 6.58. The highest BCUT2D eigenvalue weighted by atomic mass is 16.3. The highest BCUT2D eigenvalue weighted by Gasteiger charge is 2.42. The lowest BCUT2D eigenvalue weighted by Gasteiger charge is -2.33. The van der Waals surface area contributed by atoms with Crippen LogP contribution in [-0.4, -0.2) is 11.7 Å². The Balaban J connectivity index is 1.62. The number of carbonyl (C=O) groups is 2. The number of unbranched alkanes of at least 4 members (excludes halogenated alkanes) is 2. The quantitative estimate of drug-likeness (QED) is 0.393. The summed E-state index contributed by atoms with van der Waals surface area (Å²) in [4.78, 5) is 29.4. The molecule has 2 atom stereocenters. The molecule has 5 heteroatoms. The van der Waals surface area contributed by atoms with Gasteiger partial charge in [0, 0.05) is 24.1 Å². The molecule has 35 heavy (non-hydrogen) atoms. The number of para-hydroxylation sites is 2. The normalized spacial score (nSPS) is 19.6. The molecule has 0 saturated carbocycles. The average molecular weight is 469 g/mol. The number of anilines is 2. The summed E-state index contributed by atoms with van der Waals surface area (Å²) < 4.78 is 5.86. The minimum atomic E-state index is -0.586. The average Bonchev–Trinajstić information content (AvgIpc) is 3.34. The van der Waals surface area contributed by atoms with Crippen LogP contribution < -0.4 is 10.2 Å². The van der Waals surface area contributed by atoms with E-state index < -0.39 is 6.04 Å². The number of Topliss-reactive ketones (excluding diaryl/α,β-unsaturated/α-hetero) is 1. The molecular weight excluding hydrogens is 436 g/mol. The highest BCUT2D eigenvalue weighted by molar-refractivity contribution is 6.06. The smallest absolute Gasteiger partial charge is 0.228 e. The molecule has 2 aromatic carbocycles. The molecule has 2 heterocycles. The lowest BCUT2D eigenvalue weighted by Crippen LogP contribution is -2.38. The number of hydrogen-bond donors (Lipinski definition) is 1. The van der Waals surface area contributed by atoms with Crippen molar-refractivity contribution in [2.45, 2.75) is 64.3 Å². The van der Waals surface area contributed by atoms with Crippen molar-refractivity contribution < 1.29 is 14.0 Å². The minimum Gasteiger partial charge on any atom is -0.467 e. The number of nitrogens with zero attached hydrogens (tertiary/aromatic N) is 1. The summed E-state index contributed by atoms with van der Waals surface area (Å²) in [5, 5.41) is 3.57. The zero-order valence-corrected chi connectivity index (χ0v) is 20.4. The Morgan fingerprint density at radius 1 is 1.03 bits per heavy atom. The van der Waals surface area contributed by atoms with Crippen LogP contribution in [0.4, 0.5) is 11.4 Å². The number of aryl methyl sites for hydroxylation is 1. The van der Waals surface area contributed by atoms with Crippen molar-refractivity contribution in [3.05, 3.63) is 95.1 Å². The van der Waals surface area contributed by atoms with Crippen LogP contribution in [0.25, 0.3) is 0 Å². The summed E-state index contributed by atoms with van der Waals surface area (Å²) in [5.41, 5.74) is 5.51. The van der Waals surface area contributed by atoms with E-state index in [9.17, 15) is 9.59 Å². The Hall–Kier alpha value is -3.60. The first kappa shape index (κ1) is 23.2. The predicted molar refractivity (Wildman–Crippen MR) is 138 cm³/mol. The highest BCUT2D eigenvalue weighted by Crippen LogP contribution is 2.47. The molecule has 2 unspecified atom stereocenters. The van der Waals surface area contributed by atoms with Crippen molar-refractivity contribution in [3.8, 4) is 0 Å². The second-order valence-corrected chi connectivity index (χ2v) is 9.61. The summed E-state index contributed by atoms with van der Waals surface area (Å²) in [6.07, 6.45) is 6.02. The van der Waals surface area contributed by atoms with Gasteiger partial charge in [0.15, 0.2) is 5.78 Å². The number of nitrogens with one attached hydrogen (secondary N) is 1. The first-order valence-electron chi connectivity index (χ1n) is 12.6. The van der Waals surface area contributed by atoms with E-state index in [4.69, 9.17) is 4.42 Å². The van der Waals surface area contributed by atoms with Crippen LogP contribution in [0.1, 0.15) is 74.3 Å². The van der Waals surface area contributed by atoms with E-state index >= 15 is 0 Å². The fourth-order valence-corrected chi connectivity index (χ4v) is 5.30. The van der Waals surface area contributed by atoms with Crippen LogP contribution in [0.3, 0.4) is 0 Å². The van der Waals surface area contributed by atoms with Crippen LogP contribution in [-0.2, 0) is 9.59 Å². The summed E-state index contributed by atoms with van der Waals surface area (Å²) in [6.45, 7) is 4.20. The molecule has 180 valence electrons. The maximum Gasteiger partial charge on any atom is 0.228 e. The van der Waals surface area contributed by atoms with E-state index in [1.807, 2.05) is 36.4 Å². The second kappa shape index (κ2) is 9.95. The van der Waals surface area contributed by atoms with Gasteiger partial charge in [-0.25, -0.2) is 0 Å². The molecule has 0 fully saturated rings. The van der Waals surface area contributed by atoms with Crippen LogP contribution in [0, 0.1) is 6.92 Å². The van der Waals surface area contributed by atoms with Gasteiger partial charge in [0.2, 0.25) is 5.91 Å². The van der Waals surface area contributed by atoms with Gasteiger partial charge in [0.05, 0.1) is 17.6 Å². The van der Waals surface area contributed by atoms with Crippen molar-refractivity contribution in [2.75, 3.05) is 10.2 Å². The SMILES string of the molecule is CCCCCC(=O)N1c2ccccc2NC2=C(C(=O)CC(c3ccc(C)cc3)C2)C1c1ccco1. The van der Waals surface area contributed by atoms with E-state index in [1.54, 1.807) is 11.2 Å². The van der Waals surface area contributed by atoms with E-state index in [0.717, 1.165) is 41.9 Å². The van der Waals surface area contributed by atoms with Crippen LogP contribution in [0.15, 0.2) is 82.6 Å². The number of hydrogen-bond acceptors (Lipinski definition) is 4. The fraction of sp³-hybridized carbons (Fsp3) is 0.333. The number of rotatable bonds is 6. The Morgan fingerprint density at radius 3 is 2.57 bits per heavy atom. The summed E-state index contributed by atoms with van der Waals surface area (Å²) >= 11 is 0. The van der Waals surface area contributed by atoms with Gasteiger partial charge in [-0.2, -0.15) is 0 Å². The van der Waals surface area contributed by atoms with Crippen LogP contribution in [0.2, 0.25) is 0 Å². The van der Waals surface area contributed by atoms with Crippen LogP contribution in [0.5, 0.6) is 0 Å². The number of carbonyl (C=O) groups excluding carboxylic acids is 2. The number of ketones is 1. The van der Waals surface area contributed by atoms with Gasteiger partial charge in [-0.05, 0) is 55.5 Å². The third-order valence-electron chi connectivity index (χ3n) is 7.11. The van der Waals surface area contributed by atoms with Gasteiger partial charge in [0.1, 0.15) is 11.8 Å². The van der Waals surface area contributed by atoms with Crippen molar-refractivity contribution in [1.82, 2.24) is 0 Å². The molecule has 1 amide bonds. The molecule has 1 N–H and O–H groups in total. The summed E-state index contributed by atoms with van der Waals surface area (Å²) in [6, 6.07) is 19.4. The Labute approximate surface area is 206 Å². The Morgan fingerprint density at radius 2 is 1.83 bits per heavy atom. The predicted octanol–water partition coefficient (Wildman–Crippen LogP) is 7.07. The topological polar surface area (TPSA) is 62.6 Å². The zero-order valence-electron chi connectivity index (χ0n) is 20.4. The van der Waals surface area contributed by atoms with Gasteiger partial charge in [-0.1, -0.05) is 61.7 Å². The lowest BCUT2D eigenvalue weighted by atomic mass is 9.79. The summed E-state index contributed by atoms with van der Waals surface area (Å²) in [7, 11) is 0. The number of fused-ring (bicyclic) bond motifs is 1. The molecule has 2 aliphatic rings. The molecular formula is C30H32N2O3. The standard InChI is InChI=1S/C30H32N2O3/c1-3-4-5-12-28(34)32-25-10-7-6-9-23(25)31-24-18-22(21-15-13-20(2)14-16-21)19-26(33)29(24)30(32)27-11-8-17-35-27/h6-11,13-17,22,30-31H,3-5,12,18-19H2,1-2H3. The van der Waals surface area contributed by atoms with Gasteiger partial charge in [-0.15, -0.1) is 0 Å². The molecule has 1 aliphatic heterocycles. The number of furan rings is 1. The van der Waals surface area contributed by atoms with Gasteiger partial charge in [0.25, 0.3) is 0 Å². The third kappa shape index (κ3) is 4.55. The van der Waals surface area contributed by atoms with Crippen molar-refractivity contribution in [3.63, 3.8) is 0 Å². The van der Waals surface area contributed by atoms with Gasteiger partial charge in [-0.3, -0.25) is 14.5 Å². The molecule has 0 bridgehead atoms. The molecule has 0 spiro atoms. The lowest BCUT2D eigenvalue weighted by molar-refractivity contribution is -0.119.